The molecule has 3 N–H and O–H groups in total. The Hall–Kier alpha value is -1.39. The van der Waals surface area contributed by atoms with Crippen LogP contribution in [0.1, 0.15) is 19.3 Å². The summed E-state index contributed by atoms with van der Waals surface area (Å²) < 4.78 is 4.90. The Morgan fingerprint density at radius 2 is 2.00 bits per heavy atom. The smallest absolute Gasteiger partial charge is 0.191 e. The molecule has 0 radical (unpaired) electrons. The Labute approximate surface area is 119 Å². The van der Waals surface area contributed by atoms with Crippen LogP contribution in [0.2, 0.25) is 0 Å². The maximum absolute atomic E-state index is 9.64. The van der Waals surface area contributed by atoms with E-state index in [1.807, 2.05) is 12.3 Å². The van der Waals surface area contributed by atoms with Crippen LogP contribution in [-0.4, -0.2) is 58.9 Å². The van der Waals surface area contributed by atoms with Crippen molar-refractivity contribution in [3.8, 4) is 6.07 Å². The highest BCUT2D eigenvalue weighted by Gasteiger charge is 2.12. The summed E-state index contributed by atoms with van der Waals surface area (Å²) in [5, 5.41) is 36.3. The van der Waals surface area contributed by atoms with Crippen molar-refractivity contribution >= 4 is 0 Å². The summed E-state index contributed by atoms with van der Waals surface area (Å²) in [5.74, 6) is 0. The SMILES string of the molecule is N#C/C(=C\C=C\N1CCCCC1)C(O)OCC(O)CO. The number of rotatable bonds is 7. The molecule has 0 bridgehead atoms. The van der Waals surface area contributed by atoms with Crippen molar-refractivity contribution in [1.82, 2.24) is 4.90 Å². The standard InChI is InChI=1S/C14H22N2O4/c15-9-12(14(19)20-11-13(18)10-17)5-4-8-16-6-2-1-3-7-16/h4-5,8,13-14,17-19H,1-3,6-7,10-11H2/b8-4+,12-5+. The lowest BCUT2D eigenvalue weighted by Crippen LogP contribution is -2.25. The first-order chi connectivity index (χ1) is 9.67. The quantitative estimate of drug-likeness (QED) is 0.349. The molecule has 0 aromatic heterocycles. The van der Waals surface area contributed by atoms with Gasteiger partial charge in [-0.15, -0.1) is 0 Å². The van der Waals surface area contributed by atoms with Crippen LogP contribution in [0.15, 0.2) is 23.9 Å². The maximum Gasteiger partial charge on any atom is 0.191 e. The molecule has 1 aliphatic heterocycles. The molecular weight excluding hydrogens is 260 g/mol. The molecule has 0 aromatic rings. The van der Waals surface area contributed by atoms with Gasteiger partial charge in [0.2, 0.25) is 0 Å². The third-order valence-corrected chi connectivity index (χ3v) is 3.02. The second-order valence-electron chi connectivity index (χ2n) is 4.69. The van der Waals surface area contributed by atoms with E-state index >= 15 is 0 Å². The van der Waals surface area contributed by atoms with Crippen LogP contribution in [0.3, 0.4) is 0 Å². The van der Waals surface area contributed by atoms with E-state index in [0.29, 0.717) is 0 Å². The van der Waals surface area contributed by atoms with Gasteiger partial charge < -0.3 is 25.0 Å². The van der Waals surface area contributed by atoms with Gasteiger partial charge in [0.1, 0.15) is 12.2 Å². The number of aliphatic hydroxyl groups is 3. The van der Waals surface area contributed by atoms with Gasteiger partial charge in [-0.3, -0.25) is 0 Å². The van der Waals surface area contributed by atoms with Crippen molar-refractivity contribution in [3.05, 3.63) is 23.9 Å². The molecule has 0 saturated carbocycles. The van der Waals surface area contributed by atoms with Crippen LogP contribution in [-0.2, 0) is 4.74 Å². The van der Waals surface area contributed by atoms with E-state index in [1.165, 1.54) is 25.3 Å². The van der Waals surface area contributed by atoms with E-state index in [0.717, 1.165) is 13.1 Å². The van der Waals surface area contributed by atoms with Crippen LogP contribution < -0.4 is 0 Å². The summed E-state index contributed by atoms with van der Waals surface area (Å²) in [6, 6.07) is 1.85. The summed E-state index contributed by atoms with van der Waals surface area (Å²) >= 11 is 0. The van der Waals surface area contributed by atoms with Gasteiger partial charge in [-0.05, 0) is 37.6 Å². The first kappa shape index (κ1) is 16.7. The van der Waals surface area contributed by atoms with Crippen LogP contribution in [0.25, 0.3) is 0 Å². The topological polar surface area (TPSA) is 97.0 Å². The largest absolute Gasteiger partial charge is 0.394 e. The molecule has 1 aliphatic rings. The lowest BCUT2D eigenvalue weighted by atomic mass is 10.1. The van der Waals surface area contributed by atoms with Crippen molar-refractivity contribution in [2.24, 2.45) is 0 Å². The number of aliphatic hydroxyl groups excluding tert-OH is 3. The third kappa shape index (κ3) is 6.17. The fourth-order valence-corrected chi connectivity index (χ4v) is 1.86. The van der Waals surface area contributed by atoms with E-state index < -0.39 is 19.0 Å². The molecule has 1 saturated heterocycles. The number of likely N-dealkylation sites (tertiary alicyclic amines) is 1. The fraction of sp³-hybridized carbons (Fsp3) is 0.643. The minimum atomic E-state index is -1.40. The molecule has 6 nitrogen and oxygen atoms in total. The lowest BCUT2D eigenvalue weighted by molar-refractivity contribution is -0.102. The molecule has 1 rings (SSSR count). The van der Waals surface area contributed by atoms with Crippen molar-refractivity contribution in [3.63, 3.8) is 0 Å². The number of allylic oxidation sites excluding steroid dienone is 2. The van der Waals surface area contributed by atoms with Gasteiger partial charge in [0.25, 0.3) is 0 Å². The summed E-state index contributed by atoms with van der Waals surface area (Å²) in [7, 11) is 0. The Morgan fingerprint density at radius 1 is 1.30 bits per heavy atom. The molecule has 1 fully saturated rings. The Balaban J connectivity index is 2.45. The average molecular weight is 282 g/mol. The normalized spacial score (nSPS) is 19.9. The van der Waals surface area contributed by atoms with Crippen LogP contribution in [0, 0.1) is 11.3 Å². The average Bonchev–Trinajstić information content (AvgIpc) is 2.49. The molecule has 1 heterocycles. The zero-order valence-corrected chi connectivity index (χ0v) is 11.5. The van der Waals surface area contributed by atoms with E-state index in [1.54, 1.807) is 6.08 Å². The first-order valence-corrected chi connectivity index (χ1v) is 6.78. The highest BCUT2D eigenvalue weighted by molar-refractivity contribution is 5.27. The van der Waals surface area contributed by atoms with Crippen molar-refractivity contribution in [2.45, 2.75) is 31.7 Å². The number of piperidine rings is 1. The molecular formula is C14H22N2O4. The number of hydrogen-bond donors (Lipinski definition) is 3. The van der Waals surface area contributed by atoms with Crippen LogP contribution in [0.4, 0.5) is 0 Å². The number of nitrogens with zero attached hydrogens (tertiary/aromatic N) is 2. The molecule has 6 heteroatoms. The molecule has 0 amide bonds. The second-order valence-corrected chi connectivity index (χ2v) is 4.69. The van der Waals surface area contributed by atoms with Gasteiger partial charge in [-0.25, -0.2) is 0 Å². The first-order valence-electron chi connectivity index (χ1n) is 6.78. The monoisotopic (exact) mass is 282 g/mol. The highest BCUT2D eigenvalue weighted by Crippen LogP contribution is 2.09. The molecule has 0 aliphatic carbocycles. The van der Waals surface area contributed by atoms with Crippen molar-refractivity contribution < 1.29 is 20.1 Å². The van der Waals surface area contributed by atoms with E-state index in [9.17, 15) is 5.11 Å². The molecule has 0 spiro atoms. The Morgan fingerprint density at radius 3 is 2.60 bits per heavy atom. The van der Waals surface area contributed by atoms with Gasteiger partial charge in [-0.1, -0.05) is 0 Å². The van der Waals surface area contributed by atoms with Crippen LogP contribution >= 0.6 is 0 Å². The summed E-state index contributed by atoms with van der Waals surface area (Å²) in [6.45, 7) is 1.33. The van der Waals surface area contributed by atoms with Gasteiger partial charge >= 0.3 is 0 Å². The van der Waals surface area contributed by atoms with Gasteiger partial charge in [-0.2, -0.15) is 5.26 Å². The molecule has 112 valence electrons. The lowest BCUT2D eigenvalue weighted by Gasteiger charge is -2.24. The summed E-state index contributed by atoms with van der Waals surface area (Å²) in [4.78, 5) is 2.16. The van der Waals surface area contributed by atoms with Crippen molar-refractivity contribution in [2.75, 3.05) is 26.3 Å². The maximum atomic E-state index is 9.64. The predicted molar refractivity (Wildman–Crippen MR) is 73.3 cm³/mol. The number of ether oxygens (including phenoxy) is 1. The highest BCUT2D eigenvalue weighted by atomic mass is 16.6. The second kappa shape index (κ2) is 9.50. The Bertz CT molecular complexity index is 370. The van der Waals surface area contributed by atoms with E-state index in [2.05, 4.69) is 4.90 Å². The molecule has 20 heavy (non-hydrogen) atoms. The van der Waals surface area contributed by atoms with E-state index in [4.69, 9.17) is 20.2 Å². The summed E-state index contributed by atoms with van der Waals surface area (Å²) in [6.07, 6.45) is 6.23. The molecule has 0 aromatic carbocycles. The number of nitriles is 1. The van der Waals surface area contributed by atoms with E-state index in [-0.39, 0.29) is 12.2 Å². The zero-order chi connectivity index (χ0) is 14.8. The third-order valence-electron chi connectivity index (χ3n) is 3.02. The van der Waals surface area contributed by atoms with Gasteiger partial charge in [0.05, 0.1) is 18.8 Å². The van der Waals surface area contributed by atoms with Gasteiger partial charge in [0, 0.05) is 13.1 Å². The minimum absolute atomic E-state index is 0.0587. The number of hydrogen-bond acceptors (Lipinski definition) is 6. The van der Waals surface area contributed by atoms with Crippen molar-refractivity contribution in [1.29, 1.82) is 5.26 Å². The molecule has 2 unspecified atom stereocenters. The zero-order valence-electron chi connectivity index (χ0n) is 11.5. The fourth-order valence-electron chi connectivity index (χ4n) is 1.86. The summed E-state index contributed by atoms with van der Waals surface area (Å²) in [5.41, 5.74) is 0.0587. The van der Waals surface area contributed by atoms with Gasteiger partial charge in [0.15, 0.2) is 6.29 Å². The van der Waals surface area contributed by atoms with Crippen LogP contribution in [0.5, 0.6) is 0 Å². The predicted octanol–water partition coefficient (Wildman–Crippen LogP) is 0.124. The molecule has 2 atom stereocenters. The Kier molecular flexibility index (Phi) is 7.92. The minimum Gasteiger partial charge on any atom is -0.394 e.